The summed E-state index contributed by atoms with van der Waals surface area (Å²) < 4.78 is 31.6. The Morgan fingerprint density at radius 1 is 1.12 bits per heavy atom. The summed E-state index contributed by atoms with van der Waals surface area (Å²) in [5.41, 5.74) is 2.56. The van der Waals surface area contributed by atoms with E-state index in [4.69, 9.17) is 16.3 Å². The van der Waals surface area contributed by atoms with Gasteiger partial charge in [0.2, 0.25) is 10.0 Å². The number of halogens is 1. The summed E-state index contributed by atoms with van der Waals surface area (Å²) in [6.45, 7) is 3.41. The lowest BCUT2D eigenvalue weighted by molar-refractivity contribution is -0.127. The van der Waals surface area contributed by atoms with Gasteiger partial charge in [-0.3, -0.25) is 14.0 Å². The highest BCUT2D eigenvalue weighted by molar-refractivity contribution is 7.92. The monoisotopic (exact) mass is 477 g/mol. The first-order valence-electron chi connectivity index (χ1n) is 10.8. The molecular formula is C23H28ClN3O4S. The summed E-state index contributed by atoms with van der Waals surface area (Å²) >= 11 is 6.02. The molecule has 0 aromatic heterocycles. The number of hydrogen-bond acceptors (Lipinski definition) is 5. The molecule has 2 aromatic carbocycles. The first-order chi connectivity index (χ1) is 15.3. The molecule has 32 heavy (non-hydrogen) atoms. The van der Waals surface area contributed by atoms with Gasteiger partial charge in [0.05, 0.1) is 18.5 Å². The molecular weight excluding hydrogens is 450 g/mol. The lowest BCUT2D eigenvalue weighted by Gasteiger charge is -2.34. The SMILES string of the molecule is CS(=O)(=O)N1C[C@@H](C(=O)NCc2cccc(CN3CCCCC3)c2)Oc2ccc(Cl)cc21. The number of amides is 1. The predicted molar refractivity (Wildman–Crippen MR) is 125 cm³/mol. The largest absolute Gasteiger partial charge is 0.476 e. The quantitative estimate of drug-likeness (QED) is 0.691. The molecule has 2 aromatic rings. The van der Waals surface area contributed by atoms with E-state index in [1.807, 2.05) is 12.1 Å². The van der Waals surface area contributed by atoms with E-state index in [2.05, 4.69) is 22.3 Å². The minimum absolute atomic E-state index is 0.104. The van der Waals surface area contributed by atoms with Crippen LogP contribution < -0.4 is 14.4 Å². The van der Waals surface area contributed by atoms with E-state index < -0.39 is 16.1 Å². The molecule has 1 amide bonds. The van der Waals surface area contributed by atoms with E-state index in [9.17, 15) is 13.2 Å². The zero-order valence-corrected chi connectivity index (χ0v) is 19.7. The van der Waals surface area contributed by atoms with Crippen molar-refractivity contribution in [1.82, 2.24) is 10.2 Å². The van der Waals surface area contributed by atoms with E-state index in [0.29, 0.717) is 23.0 Å². The fourth-order valence-corrected chi connectivity index (χ4v) is 5.26. The Morgan fingerprint density at radius 2 is 1.88 bits per heavy atom. The number of carbonyl (C=O) groups is 1. The third kappa shape index (κ3) is 5.54. The molecule has 0 radical (unpaired) electrons. The van der Waals surface area contributed by atoms with Crippen LogP contribution in [0, 0.1) is 0 Å². The van der Waals surface area contributed by atoms with Crippen LogP contribution in [0.3, 0.4) is 0 Å². The Bertz CT molecular complexity index is 1090. The van der Waals surface area contributed by atoms with Crippen LogP contribution in [0.1, 0.15) is 30.4 Å². The van der Waals surface area contributed by atoms with Crippen LogP contribution >= 0.6 is 11.6 Å². The van der Waals surface area contributed by atoms with Crippen LogP contribution in [0.4, 0.5) is 5.69 Å². The van der Waals surface area contributed by atoms with Gasteiger partial charge in [-0.25, -0.2) is 8.42 Å². The predicted octanol–water partition coefficient (Wildman–Crippen LogP) is 3.17. The molecule has 1 N–H and O–H groups in total. The van der Waals surface area contributed by atoms with Crippen molar-refractivity contribution in [2.45, 2.75) is 38.5 Å². The molecule has 172 valence electrons. The summed E-state index contributed by atoms with van der Waals surface area (Å²) in [6, 6.07) is 12.9. The fourth-order valence-electron chi connectivity index (χ4n) is 4.19. The number of fused-ring (bicyclic) bond motifs is 1. The topological polar surface area (TPSA) is 79.0 Å². The molecule has 0 saturated carbocycles. The highest BCUT2D eigenvalue weighted by atomic mass is 35.5. The maximum absolute atomic E-state index is 12.8. The fraction of sp³-hybridized carbons (Fsp3) is 0.435. The molecule has 2 aliphatic rings. The molecule has 7 nitrogen and oxygen atoms in total. The van der Waals surface area contributed by atoms with Gasteiger partial charge in [-0.2, -0.15) is 0 Å². The van der Waals surface area contributed by atoms with Crippen molar-refractivity contribution >= 4 is 33.2 Å². The average molecular weight is 478 g/mol. The van der Waals surface area contributed by atoms with Crippen LogP contribution in [-0.2, 0) is 27.9 Å². The molecule has 1 atom stereocenters. The number of anilines is 1. The maximum Gasteiger partial charge on any atom is 0.263 e. The second kappa shape index (κ2) is 9.68. The van der Waals surface area contributed by atoms with Crippen molar-refractivity contribution in [3.8, 4) is 5.75 Å². The van der Waals surface area contributed by atoms with Crippen molar-refractivity contribution in [2.75, 3.05) is 30.2 Å². The number of nitrogens with one attached hydrogen (secondary N) is 1. The summed E-state index contributed by atoms with van der Waals surface area (Å²) in [4.78, 5) is 15.3. The highest BCUT2D eigenvalue weighted by Crippen LogP contribution is 2.37. The number of hydrogen-bond donors (Lipinski definition) is 1. The molecule has 2 aliphatic heterocycles. The smallest absolute Gasteiger partial charge is 0.263 e. The highest BCUT2D eigenvalue weighted by Gasteiger charge is 2.35. The second-order valence-electron chi connectivity index (χ2n) is 8.39. The number of ether oxygens (including phenoxy) is 1. The number of rotatable bonds is 6. The van der Waals surface area contributed by atoms with Crippen LogP contribution in [0.2, 0.25) is 5.02 Å². The summed E-state index contributed by atoms with van der Waals surface area (Å²) in [7, 11) is -3.60. The van der Waals surface area contributed by atoms with Gasteiger partial charge < -0.3 is 10.1 Å². The van der Waals surface area contributed by atoms with Gasteiger partial charge >= 0.3 is 0 Å². The second-order valence-corrected chi connectivity index (χ2v) is 10.7. The van der Waals surface area contributed by atoms with Gasteiger partial charge in [0.25, 0.3) is 5.91 Å². The van der Waals surface area contributed by atoms with Crippen molar-refractivity contribution < 1.29 is 17.9 Å². The van der Waals surface area contributed by atoms with Gasteiger partial charge in [0.15, 0.2) is 6.10 Å². The molecule has 1 saturated heterocycles. The molecule has 0 bridgehead atoms. The van der Waals surface area contributed by atoms with Gasteiger partial charge in [-0.1, -0.05) is 42.3 Å². The zero-order valence-electron chi connectivity index (χ0n) is 18.1. The van der Waals surface area contributed by atoms with Gasteiger partial charge in [0, 0.05) is 18.1 Å². The normalized spacial score (nSPS) is 19.2. The lowest BCUT2D eigenvalue weighted by Crippen LogP contribution is -2.50. The minimum Gasteiger partial charge on any atom is -0.476 e. The minimum atomic E-state index is -3.60. The van der Waals surface area contributed by atoms with Crippen LogP contribution in [0.5, 0.6) is 5.75 Å². The van der Waals surface area contributed by atoms with Crippen molar-refractivity contribution in [3.63, 3.8) is 0 Å². The Morgan fingerprint density at radius 3 is 2.62 bits per heavy atom. The summed E-state index contributed by atoms with van der Waals surface area (Å²) in [6.07, 6.45) is 3.95. The van der Waals surface area contributed by atoms with Crippen LogP contribution in [-0.4, -0.2) is 51.2 Å². The van der Waals surface area contributed by atoms with Gasteiger partial charge in [-0.15, -0.1) is 0 Å². The third-order valence-corrected chi connectivity index (χ3v) is 7.18. The van der Waals surface area contributed by atoms with E-state index in [1.54, 1.807) is 12.1 Å². The van der Waals surface area contributed by atoms with E-state index in [-0.39, 0.29) is 12.5 Å². The zero-order chi connectivity index (χ0) is 22.7. The van der Waals surface area contributed by atoms with E-state index in [1.165, 1.54) is 35.2 Å². The molecule has 4 rings (SSSR count). The molecule has 9 heteroatoms. The molecule has 0 unspecified atom stereocenters. The number of likely N-dealkylation sites (tertiary alicyclic amines) is 1. The number of nitrogens with zero attached hydrogens (tertiary/aromatic N) is 2. The van der Waals surface area contributed by atoms with Crippen LogP contribution in [0.15, 0.2) is 42.5 Å². The number of sulfonamides is 1. The van der Waals surface area contributed by atoms with Crippen molar-refractivity contribution in [2.24, 2.45) is 0 Å². The Balaban J connectivity index is 1.41. The van der Waals surface area contributed by atoms with E-state index >= 15 is 0 Å². The first kappa shape index (κ1) is 22.9. The third-order valence-electron chi connectivity index (χ3n) is 5.80. The number of piperidine rings is 1. The average Bonchev–Trinajstić information content (AvgIpc) is 2.77. The maximum atomic E-state index is 12.8. The Kier molecular flexibility index (Phi) is 6.93. The number of benzene rings is 2. The standard InChI is InChI=1S/C23H28ClN3O4S/c1-32(29,30)27-16-22(31-21-9-8-19(24)13-20(21)27)23(28)25-14-17-6-5-7-18(12-17)15-26-10-3-2-4-11-26/h5-9,12-13,22H,2-4,10-11,14-16H2,1H3,(H,25,28)/t22-/m0/s1. The van der Waals surface area contributed by atoms with Crippen molar-refractivity contribution in [3.05, 3.63) is 58.6 Å². The Hall–Kier alpha value is -2.29. The summed E-state index contributed by atoms with van der Waals surface area (Å²) in [5.74, 6) is -0.0459. The number of carbonyl (C=O) groups excluding carboxylic acids is 1. The first-order valence-corrected chi connectivity index (χ1v) is 13.0. The van der Waals surface area contributed by atoms with Crippen LogP contribution in [0.25, 0.3) is 0 Å². The molecule has 2 heterocycles. The lowest BCUT2D eigenvalue weighted by atomic mass is 10.1. The summed E-state index contributed by atoms with van der Waals surface area (Å²) in [5, 5.41) is 3.29. The van der Waals surface area contributed by atoms with E-state index in [0.717, 1.165) is 31.5 Å². The van der Waals surface area contributed by atoms with Crippen molar-refractivity contribution in [1.29, 1.82) is 0 Å². The van der Waals surface area contributed by atoms with Gasteiger partial charge in [0.1, 0.15) is 5.75 Å². The van der Waals surface area contributed by atoms with Gasteiger partial charge in [-0.05, 0) is 55.3 Å². The Labute approximate surface area is 194 Å². The molecule has 0 spiro atoms. The molecule has 1 fully saturated rings. The molecule has 0 aliphatic carbocycles.